The number of fused-ring (bicyclic) bond motifs is 2. The summed E-state index contributed by atoms with van der Waals surface area (Å²) in [6, 6.07) is 9.58. The molecule has 31 heavy (non-hydrogen) atoms. The molecule has 0 atom stereocenters. The maximum Gasteiger partial charge on any atom is 0.203 e. The predicted molar refractivity (Wildman–Crippen MR) is 112 cm³/mol. The molecule has 8 nitrogen and oxygen atoms in total. The van der Waals surface area contributed by atoms with Crippen molar-refractivity contribution < 1.29 is 17.5 Å². The van der Waals surface area contributed by atoms with E-state index in [4.69, 9.17) is 4.74 Å². The highest BCUT2D eigenvalue weighted by atomic mass is 32.2. The minimum Gasteiger partial charge on any atom is -0.493 e. The summed E-state index contributed by atoms with van der Waals surface area (Å²) in [5.74, 6) is 0.883. The Morgan fingerprint density at radius 2 is 2.00 bits per heavy atom. The molecule has 0 unspecified atom stereocenters. The van der Waals surface area contributed by atoms with Crippen molar-refractivity contribution in [3.05, 3.63) is 65.9 Å². The molecule has 0 saturated heterocycles. The van der Waals surface area contributed by atoms with Crippen LogP contribution in [0.2, 0.25) is 0 Å². The van der Waals surface area contributed by atoms with E-state index in [0.29, 0.717) is 41.5 Å². The molecule has 0 amide bonds. The molecule has 0 radical (unpaired) electrons. The van der Waals surface area contributed by atoms with Gasteiger partial charge in [0.2, 0.25) is 5.65 Å². The highest BCUT2D eigenvalue weighted by molar-refractivity contribution is 7.90. The van der Waals surface area contributed by atoms with Crippen molar-refractivity contribution in [3.63, 3.8) is 0 Å². The van der Waals surface area contributed by atoms with Crippen LogP contribution >= 0.6 is 0 Å². The average Bonchev–Trinajstić information content (AvgIpc) is 3.42. The topological polar surface area (TPSA) is 98.5 Å². The Morgan fingerprint density at radius 3 is 2.77 bits per heavy atom. The van der Waals surface area contributed by atoms with Gasteiger partial charge in [-0.25, -0.2) is 17.8 Å². The van der Waals surface area contributed by atoms with Gasteiger partial charge in [-0.3, -0.25) is 4.40 Å². The van der Waals surface area contributed by atoms with Crippen LogP contribution in [-0.4, -0.2) is 40.9 Å². The maximum atomic E-state index is 14.4. The Morgan fingerprint density at radius 1 is 1.19 bits per heavy atom. The summed E-state index contributed by atoms with van der Waals surface area (Å²) in [5.41, 5.74) is 3.36. The minimum absolute atomic E-state index is 0.232. The fourth-order valence-electron chi connectivity index (χ4n) is 3.71. The predicted octanol–water partition coefficient (Wildman–Crippen LogP) is 2.88. The van der Waals surface area contributed by atoms with Crippen LogP contribution in [0.4, 0.5) is 10.2 Å². The molecule has 1 aliphatic rings. The molecule has 0 saturated carbocycles. The Kier molecular flexibility index (Phi) is 4.58. The number of nitrogens with one attached hydrogen (secondary N) is 1. The largest absolute Gasteiger partial charge is 0.493 e. The average molecular weight is 439 g/mol. The molecule has 0 bridgehead atoms. The monoisotopic (exact) mass is 439 g/mol. The number of anilines is 1. The molecule has 5 rings (SSSR count). The molecular formula is C21H18FN5O3S. The van der Waals surface area contributed by atoms with Crippen LogP contribution in [-0.2, 0) is 22.8 Å². The number of nitrogens with zero attached hydrogens (tertiary/aromatic N) is 4. The lowest BCUT2D eigenvalue weighted by atomic mass is 10.0. The lowest BCUT2D eigenvalue weighted by Crippen LogP contribution is -2.08. The molecule has 4 aromatic rings. The zero-order valence-corrected chi connectivity index (χ0v) is 17.4. The van der Waals surface area contributed by atoms with E-state index >= 15 is 0 Å². The molecule has 1 N–H and O–H groups in total. The molecule has 1 aliphatic heterocycles. The first kappa shape index (κ1) is 19.4. The van der Waals surface area contributed by atoms with Gasteiger partial charge in [0, 0.05) is 35.9 Å². The van der Waals surface area contributed by atoms with Crippen molar-refractivity contribution in [1.82, 2.24) is 19.6 Å². The van der Waals surface area contributed by atoms with Gasteiger partial charge in [-0.1, -0.05) is 12.1 Å². The number of halogens is 1. The van der Waals surface area contributed by atoms with Crippen molar-refractivity contribution in [3.8, 4) is 17.0 Å². The first-order valence-electron chi connectivity index (χ1n) is 9.58. The van der Waals surface area contributed by atoms with E-state index in [1.165, 1.54) is 12.3 Å². The third-order valence-electron chi connectivity index (χ3n) is 5.29. The highest BCUT2D eigenvalue weighted by Gasteiger charge is 2.20. The van der Waals surface area contributed by atoms with Crippen LogP contribution in [0.25, 0.3) is 16.9 Å². The van der Waals surface area contributed by atoms with E-state index in [-0.39, 0.29) is 17.3 Å². The van der Waals surface area contributed by atoms with Crippen LogP contribution < -0.4 is 10.1 Å². The van der Waals surface area contributed by atoms with Crippen LogP contribution in [0, 0.1) is 5.82 Å². The van der Waals surface area contributed by atoms with Crippen LogP contribution in [0.15, 0.2) is 53.8 Å². The third-order valence-corrected chi connectivity index (χ3v) is 6.42. The van der Waals surface area contributed by atoms with Gasteiger partial charge in [0.15, 0.2) is 15.7 Å². The van der Waals surface area contributed by atoms with Gasteiger partial charge in [0.05, 0.1) is 23.4 Å². The number of benzene rings is 2. The minimum atomic E-state index is -3.28. The van der Waals surface area contributed by atoms with Gasteiger partial charge >= 0.3 is 0 Å². The van der Waals surface area contributed by atoms with Crippen molar-refractivity contribution in [2.24, 2.45) is 0 Å². The van der Waals surface area contributed by atoms with Gasteiger partial charge in [-0.2, -0.15) is 0 Å². The SMILES string of the molecule is CS(=O)(=O)c1ccc(-c2cnc(NCc3c(F)ccc4c3CCO4)c3nncn23)cc1. The Bertz CT molecular complexity index is 1400. The first-order chi connectivity index (χ1) is 14.9. The zero-order chi connectivity index (χ0) is 21.6. The van der Waals surface area contributed by atoms with Crippen LogP contribution in [0.1, 0.15) is 11.1 Å². The Hall–Kier alpha value is -3.53. The Labute approximate surface area is 177 Å². The first-order valence-corrected chi connectivity index (χ1v) is 11.5. The molecule has 3 heterocycles. The molecular weight excluding hydrogens is 421 g/mol. The number of hydrogen-bond donors (Lipinski definition) is 1. The molecule has 2 aromatic carbocycles. The van der Waals surface area contributed by atoms with Gasteiger partial charge in [-0.05, 0) is 24.3 Å². The van der Waals surface area contributed by atoms with Gasteiger partial charge < -0.3 is 10.1 Å². The third kappa shape index (κ3) is 3.48. The normalized spacial score (nSPS) is 13.2. The van der Waals surface area contributed by atoms with Gasteiger partial charge in [-0.15, -0.1) is 10.2 Å². The lowest BCUT2D eigenvalue weighted by molar-refractivity contribution is 0.356. The second-order valence-electron chi connectivity index (χ2n) is 7.27. The van der Waals surface area contributed by atoms with E-state index in [2.05, 4.69) is 20.5 Å². The summed E-state index contributed by atoms with van der Waals surface area (Å²) in [6.07, 6.45) is 5.03. The van der Waals surface area contributed by atoms with Crippen molar-refractivity contribution in [2.45, 2.75) is 17.9 Å². The summed E-state index contributed by atoms with van der Waals surface area (Å²) >= 11 is 0. The molecule has 0 fully saturated rings. The Balaban J connectivity index is 1.47. The summed E-state index contributed by atoms with van der Waals surface area (Å²) in [6.45, 7) is 0.779. The van der Waals surface area contributed by atoms with Crippen LogP contribution in [0.3, 0.4) is 0 Å². The standard InChI is InChI=1S/C21H18FN5O3S/c1-31(28,29)14-4-2-13(3-5-14)18-11-24-20(21-26-25-12-27(18)21)23-10-16-15-8-9-30-19(15)7-6-17(16)22/h2-7,11-12H,8-10H2,1H3,(H,23,24). The summed E-state index contributed by atoms with van der Waals surface area (Å²) in [7, 11) is -3.28. The highest BCUT2D eigenvalue weighted by Crippen LogP contribution is 2.31. The molecule has 10 heteroatoms. The summed E-state index contributed by atoms with van der Waals surface area (Å²) in [4.78, 5) is 4.70. The number of aromatic nitrogens is 4. The summed E-state index contributed by atoms with van der Waals surface area (Å²) < 4.78 is 45.1. The zero-order valence-electron chi connectivity index (χ0n) is 16.5. The number of sulfone groups is 1. The van der Waals surface area contributed by atoms with E-state index in [0.717, 1.165) is 11.1 Å². The second kappa shape index (κ2) is 7.31. The molecule has 0 aliphatic carbocycles. The van der Waals surface area contributed by atoms with E-state index < -0.39 is 9.84 Å². The van der Waals surface area contributed by atoms with Gasteiger partial charge in [0.1, 0.15) is 17.9 Å². The fourth-order valence-corrected chi connectivity index (χ4v) is 4.34. The molecule has 158 valence electrons. The van der Waals surface area contributed by atoms with Gasteiger partial charge in [0.25, 0.3) is 0 Å². The van der Waals surface area contributed by atoms with E-state index in [1.807, 2.05) is 0 Å². The summed E-state index contributed by atoms with van der Waals surface area (Å²) in [5, 5.41) is 11.3. The maximum absolute atomic E-state index is 14.4. The van der Waals surface area contributed by atoms with Crippen molar-refractivity contribution >= 4 is 21.3 Å². The smallest absolute Gasteiger partial charge is 0.203 e. The van der Waals surface area contributed by atoms with Crippen LogP contribution in [0.5, 0.6) is 5.75 Å². The second-order valence-corrected chi connectivity index (χ2v) is 9.28. The van der Waals surface area contributed by atoms with E-state index in [1.54, 1.807) is 47.3 Å². The quantitative estimate of drug-likeness (QED) is 0.511. The van der Waals surface area contributed by atoms with Crippen molar-refractivity contribution in [1.29, 1.82) is 0 Å². The van der Waals surface area contributed by atoms with E-state index in [9.17, 15) is 12.8 Å². The number of hydrogen-bond acceptors (Lipinski definition) is 7. The fraction of sp³-hybridized carbons (Fsp3) is 0.190. The molecule has 2 aromatic heterocycles. The molecule has 0 spiro atoms. The lowest BCUT2D eigenvalue weighted by Gasteiger charge is -2.12. The number of rotatable bonds is 5. The number of ether oxygens (including phenoxy) is 1. The van der Waals surface area contributed by atoms with Crippen molar-refractivity contribution in [2.75, 3.05) is 18.2 Å².